The van der Waals surface area contributed by atoms with Crippen LogP contribution in [0.3, 0.4) is 0 Å². The molecule has 3 rings (SSSR count). The Morgan fingerprint density at radius 3 is 2.76 bits per heavy atom. The summed E-state index contributed by atoms with van der Waals surface area (Å²) < 4.78 is 5.37. The third kappa shape index (κ3) is 3.34. The summed E-state index contributed by atoms with van der Waals surface area (Å²) in [5.41, 5.74) is 2.23. The van der Waals surface area contributed by atoms with Crippen LogP contribution in [0.25, 0.3) is 11.0 Å². The lowest BCUT2D eigenvalue weighted by atomic mass is 10.0. The second kappa shape index (κ2) is 7.18. The highest BCUT2D eigenvalue weighted by Gasteiger charge is 2.22. The molecule has 134 valence electrons. The van der Waals surface area contributed by atoms with E-state index in [0.717, 1.165) is 42.3 Å². The van der Waals surface area contributed by atoms with Crippen molar-refractivity contribution in [3.8, 4) is 5.88 Å². The van der Waals surface area contributed by atoms with Gasteiger partial charge in [-0.15, -0.1) is 0 Å². The van der Waals surface area contributed by atoms with E-state index in [-0.39, 0.29) is 6.42 Å². The quantitative estimate of drug-likeness (QED) is 0.756. The van der Waals surface area contributed by atoms with Crippen molar-refractivity contribution in [3.05, 3.63) is 11.1 Å². The molecule has 1 aliphatic rings. The van der Waals surface area contributed by atoms with Crippen LogP contribution in [0.15, 0.2) is 0 Å². The smallest absolute Gasteiger partial charge is 0.226 e. The summed E-state index contributed by atoms with van der Waals surface area (Å²) in [7, 11) is 5.47. The maximum absolute atomic E-state index is 11.0. The molecule has 1 aliphatic heterocycles. The van der Waals surface area contributed by atoms with Gasteiger partial charge >= 0.3 is 0 Å². The highest BCUT2D eigenvalue weighted by atomic mass is 16.5. The van der Waals surface area contributed by atoms with Crippen molar-refractivity contribution >= 4 is 29.1 Å². The SMILES string of the molecule is CNc1nc(N[C@@H]2CCN(C)C2)nc2nc(OC)c(CC=O)c(C)c12. The molecule has 1 fully saturated rings. The molecule has 3 heterocycles. The number of ether oxygens (including phenoxy) is 1. The molecule has 2 aromatic rings. The van der Waals surface area contributed by atoms with Gasteiger partial charge in [0.15, 0.2) is 5.65 Å². The number of carbonyl (C=O) groups is 1. The number of likely N-dealkylation sites (N-methyl/N-ethyl adjacent to an activating group) is 1. The molecule has 8 heteroatoms. The number of anilines is 2. The van der Waals surface area contributed by atoms with Crippen molar-refractivity contribution in [1.29, 1.82) is 0 Å². The van der Waals surface area contributed by atoms with E-state index in [9.17, 15) is 4.79 Å². The van der Waals surface area contributed by atoms with E-state index < -0.39 is 0 Å². The van der Waals surface area contributed by atoms with Crippen molar-refractivity contribution in [2.24, 2.45) is 0 Å². The van der Waals surface area contributed by atoms with Gasteiger partial charge in [-0.2, -0.15) is 15.0 Å². The molecule has 25 heavy (non-hydrogen) atoms. The number of hydrogen-bond donors (Lipinski definition) is 2. The fraction of sp³-hybridized carbons (Fsp3) is 0.529. The summed E-state index contributed by atoms with van der Waals surface area (Å²) in [6.45, 7) is 3.96. The molecule has 0 bridgehead atoms. The Labute approximate surface area is 147 Å². The van der Waals surface area contributed by atoms with Gasteiger partial charge in [-0.1, -0.05) is 0 Å². The lowest BCUT2D eigenvalue weighted by molar-refractivity contribution is -0.107. The Hall–Kier alpha value is -2.48. The molecule has 0 unspecified atom stereocenters. The normalized spacial score (nSPS) is 17.7. The van der Waals surface area contributed by atoms with Crippen molar-refractivity contribution < 1.29 is 9.53 Å². The van der Waals surface area contributed by atoms with Crippen LogP contribution < -0.4 is 15.4 Å². The Balaban J connectivity index is 2.08. The van der Waals surface area contributed by atoms with E-state index in [2.05, 4.69) is 37.5 Å². The fourth-order valence-corrected chi connectivity index (χ4v) is 3.32. The van der Waals surface area contributed by atoms with Gasteiger partial charge in [0, 0.05) is 31.6 Å². The zero-order valence-corrected chi connectivity index (χ0v) is 15.1. The molecule has 0 saturated carbocycles. The molecular formula is C17H24N6O2. The zero-order valence-electron chi connectivity index (χ0n) is 15.1. The van der Waals surface area contributed by atoms with Gasteiger partial charge in [-0.25, -0.2) is 0 Å². The molecule has 0 aliphatic carbocycles. The Morgan fingerprint density at radius 1 is 1.36 bits per heavy atom. The number of rotatable bonds is 6. The van der Waals surface area contributed by atoms with Gasteiger partial charge in [0.1, 0.15) is 12.1 Å². The number of carbonyl (C=O) groups excluding carboxylic acids is 1. The molecule has 0 aromatic carbocycles. The second-order valence-corrected chi connectivity index (χ2v) is 6.33. The van der Waals surface area contributed by atoms with E-state index in [0.29, 0.717) is 29.3 Å². The first-order valence-electron chi connectivity index (χ1n) is 8.39. The van der Waals surface area contributed by atoms with E-state index in [1.165, 1.54) is 0 Å². The van der Waals surface area contributed by atoms with Crippen molar-refractivity contribution in [3.63, 3.8) is 0 Å². The molecule has 0 spiro atoms. The summed E-state index contributed by atoms with van der Waals surface area (Å²) >= 11 is 0. The van der Waals surface area contributed by atoms with Crippen LogP contribution in [0.1, 0.15) is 17.5 Å². The number of aromatic nitrogens is 3. The van der Waals surface area contributed by atoms with Crippen LogP contribution >= 0.6 is 0 Å². The third-order valence-electron chi connectivity index (χ3n) is 4.63. The van der Waals surface area contributed by atoms with E-state index in [4.69, 9.17) is 4.74 Å². The van der Waals surface area contributed by atoms with Crippen molar-refractivity contribution in [2.45, 2.75) is 25.8 Å². The Morgan fingerprint density at radius 2 is 2.16 bits per heavy atom. The lowest BCUT2D eigenvalue weighted by Crippen LogP contribution is -2.24. The van der Waals surface area contributed by atoms with Crippen molar-refractivity contribution in [2.75, 3.05) is 44.9 Å². The van der Waals surface area contributed by atoms with Gasteiger partial charge in [0.05, 0.1) is 12.5 Å². The van der Waals surface area contributed by atoms with Crippen LogP contribution in [-0.2, 0) is 11.2 Å². The van der Waals surface area contributed by atoms with Gasteiger partial charge in [0.25, 0.3) is 0 Å². The standard InChI is InChI=1S/C17H24N6O2/c1-10-12(6-8-24)16(25-4)20-15-13(10)14(18-2)21-17(22-15)19-11-5-7-23(3)9-11/h8,11H,5-7,9H2,1-4H3,(H2,18,19,20,21,22)/t11-/m1/s1. The van der Waals surface area contributed by atoms with Gasteiger partial charge in [-0.05, 0) is 32.5 Å². The number of fused-ring (bicyclic) bond motifs is 1. The molecular weight excluding hydrogens is 320 g/mol. The third-order valence-corrected chi connectivity index (χ3v) is 4.63. The first-order valence-corrected chi connectivity index (χ1v) is 8.39. The Kier molecular flexibility index (Phi) is 4.98. The van der Waals surface area contributed by atoms with Gasteiger partial charge in [0.2, 0.25) is 11.8 Å². The zero-order chi connectivity index (χ0) is 18.0. The van der Waals surface area contributed by atoms with E-state index in [1.807, 2.05) is 14.0 Å². The highest BCUT2D eigenvalue weighted by molar-refractivity contribution is 5.92. The van der Waals surface area contributed by atoms with E-state index in [1.54, 1.807) is 7.11 Å². The number of aryl methyl sites for hydroxylation is 1. The van der Waals surface area contributed by atoms with Crippen LogP contribution in [0.5, 0.6) is 5.88 Å². The Bertz CT molecular complexity index is 795. The number of pyridine rings is 1. The molecule has 1 saturated heterocycles. The lowest BCUT2D eigenvalue weighted by Gasteiger charge is -2.17. The van der Waals surface area contributed by atoms with Gasteiger partial charge < -0.3 is 25.1 Å². The summed E-state index contributed by atoms with van der Waals surface area (Å²) in [5, 5.41) is 7.33. The summed E-state index contributed by atoms with van der Waals surface area (Å²) in [5.74, 6) is 1.68. The van der Waals surface area contributed by atoms with Gasteiger partial charge in [-0.3, -0.25) is 0 Å². The number of nitrogens with zero attached hydrogens (tertiary/aromatic N) is 4. The molecule has 1 atom stereocenters. The highest BCUT2D eigenvalue weighted by Crippen LogP contribution is 2.31. The summed E-state index contributed by atoms with van der Waals surface area (Å²) in [6.07, 6.45) is 2.15. The minimum absolute atomic E-state index is 0.246. The predicted molar refractivity (Wildman–Crippen MR) is 97.5 cm³/mol. The van der Waals surface area contributed by atoms with E-state index >= 15 is 0 Å². The van der Waals surface area contributed by atoms with Crippen molar-refractivity contribution in [1.82, 2.24) is 19.9 Å². The first kappa shape index (κ1) is 17.3. The molecule has 8 nitrogen and oxygen atoms in total. The maximum Gasteiger partial charge on any atom is 0.226 e. The number of nitrogens with one attached hydrogen (secondary N) is 2. The first-order chi connectivity index (χ1) is 12.1. The second-order valence-electron chi connectivity index (χ2n) is 6.33. The average molecular weight is 344 g/mol. The predicted octanol–water partition coefficient (Wildman–Crippen LogP) is 1.24. The molecule has 0 radical (unpaired) electrons. The number of likely N-dealkylation sites (tertiary alicyclic amines) is 1. The summed E-state index contributed by atoms with van der Waals surface area (Å²) in [6, 6.07) is 0.324. The molecule has 2 N–H and O–H groups in total. The molecule has 0 amide bonds. The molecule has 2 aromatic heterocycles. The minimum Gasteiger partial charge on any atom is -0.481 e. The van der Waals surface area contributed by atoms with Crippen LogP contribution in [0.4, 0.5) is 11.8 Å². The fourth-order valence-electron chi connectivity index (χ4n) is 3.32. The van der Waals surface area contributed by atoms with Crippen LogP contribution in [0.2, 0.25) is 0 Å². The topological polar surface area (TPSA) is 92.3 Å². The van der Waals surface area contributed by atoms with Crippen LogP contribution in [-0.4, -0.2) is 66.5 Å². The average Bonchev–Trinajstić information content (AvgIpc) is 3.01. The number of hydrogen-bond acceptors (Lipinski definition) is 8. The monoisotopic (exact) mass is 344 g/mol. The van der Waals surface area contributed by atoms with Crippen LogP contribution in [0, 0.1) is 6.92 Å². The minimum atomic E-state index is 0.246. The number of methoxy groups -OCH3 is 1. The maximum atomic E-state index is 11.0. The summed E-state index contributed by atoms with van der Waals surface area (Å²) in [4.78, 5) is 27.0. The largest absolute Gasteiger partial charge is 0.481 e. The number of aldehydes is 1.